The van der Waals surface area contributed by atoms with Crippen molar-refractivity contribution in [1.29, 1.82) is 0 Å². The first-order valence-corrected chi connectivity index (χ1v) is 6.80. The summed E-state index contributed by atoms with van der Waals surface area (Å²) in [6.45, 7) is 1.83. The summed E-state index contributed by atoms with van der Waals surface area (Å²) in [5.41, 5.74) is 1.43. The van der Waals surface area contributed by atoms with Crippen molar-refractivity contribution in [2.75, 3.05) is 32.7 Å². The molecule has 0 bridgehead atoms. The lowest BCUT2D eigenvalue weighted by Gasteiger charge is -2.35. The molecule has 0 aliphatic carbocycles. The Labute approximate surface area is 121 Å². The van der Waals surface area contributed by atoms with Gasteiger partial charge in [0.05, 0.1) is 6.54 Å². The first-order chi connectivity index (χ1) is 9.83. The van der Waals surface area contributed by atoms with Crippen molar-refractivity contribution >= 4 is 12.6 Å². The summed E-state index contributed by atoms with van der Waals surface area (Å²) in [6.07, 6.45) is -4.14. The maximum atomic E-state index is 12.3. The molecule has 2 rings (SSSR count). The van der Waals surface area contributed by atoms with Crippen molar-refractivity contribution < 1.29 is 23.2 Å². The van der Waals surface area contributed by atoms with Crippen LogP contribution < -0.4 is 5.46 Å². The van der Waals surface area contributed by atoms with Gasteiger partial charge in [-0.15, -0.1) is 0 Å². The van der Waals surface area contributed by atoms with Crippen LogP contribution in [-0.4, -0.2) is 65.9 Å². The zero-order valence-electron chi connectivity index (χ0n) is 11.6. The molecule has 0 atom stereocenters. The standard InChI is InChI=1S/C13H18BF3N2O2/c15-13(16,17)10-19-7-5-18(6-8-19)9-11-1-3-12(4-2-11)14(20)21/h1-4,20-21H,5-10H2. The third kappa shape index (κ3) is 5.31. The summed E-state index contributed by atoms with van der Waals surface area (Å²) in [6, 6.07) is 6.88. The molecule has 116 valence electrons. The van der Waals surface area contributed by atoms with Gasteiger partial charge in [-0.05, 0) is 11.0 Å². The zero-order valence-corrected chi connectivity index (χ0v) is 11.6. The summed E-state index contributed by atoms with van der Waals surface area (Å²) >= 11 is 0. The molecular weight excluding hydrogens is 284 g/mol. The fourth-order valence-corrected chi connectivity index (χ4v) is 2.41. The van der Waals surface area contributed by atoms with Gasteiger partial charge in [0.1, 0.15) is 0 Å². The molecule has 2 N–H and O–H groups in total. The molecular formula is C13H18BF3N2O2. The topological polar surface area (TPSA) is 46.9 Å². The first kappa shape index (κ1) is 16.3. The van der Waals surface area contributed by atoms with Crippen LogP contribution in [0, 0.1) is 0 Å². The Kier molecular flexibility index (Phi) is 5.26. The van der Waals surface area contributed by atoms with E-state index in [4.69, 9.17) is 10.0 Å². The minimum absolute atomic E-state index is 0.410. The summed E-state index contributed by atoms with van der Waals surface area (Å²) in [4.78, 5) is 3.51. The van der Waals surface area contributed by atoms with Crippen LogP contribution >= 0.6 is 0 Å². The summed E-state index contributed by atoms with van der Waals surface area (Å²) < 4.78 is 36.9. The SMILES string of the molecule is OB(O)c1ccc(CN2CCN(CC(F)(F)F)CC2)cc1. The molecule has 4 nitrogen and oxygen atoms in total. The second-order valence-corrected chi connectivity index (χ2v) is 5.28. The lowest BCUT2D eigenvalue weighted by Crippen LogP contribution is -2.48. The third-order valence-electron chi connectivity index (χ3n) is 3.55. The van der Waals surface area contributed by atoms with Crippen molar-refractivity contribution in [3.8, 4) is 0 Å². The number of rotatable bonds is 4. The number of hydrogen-bond donors (Lipinski definition) is 2. The molecule has 21 heavy (non-hydrogen) atoms. The van der Waals surface area contributed by atoms with E-state index in [1.807, 2.05) is 0 Å². The van der Waals surface area contributed by atoms with Gasteiger partial charge in [-0.3, -0.25) is 9.80 Å². The Morgan fingerprint density at radius 2 is 1.48 bits per heavy atom. The highest BCUT2D eigenvalue weighted by atomic mass is 19.4. The fraction of sp³-hybridized carbons (Fsp3) is 0.538. The Morgan fingerprint density at radius 3 is 1.95 bits per heavy atom. The summed E-state index contributed by atoms with van der Waals surface area (Å²) in [5, 5.41) is 18.0. The molecule has 1 aromatic carbocycles. The highest BCUT2D eigenvalue weighted by Gasteiger charge is 2.32. The maximum absolute atomic E-state index is 12.3. The molecule has 0 aromatic heterocycles. The van der Waals surface area contributed by atoms with E-state index >= 15 is 0 Å². The van der Waals surface area contributed by atoms with Gasteiger partial charge in [-0.1, -0.05) is 24.3 Å². The highest BCUT2D eigenvalue weighted by Crippen LogP contribution is 2.18. The van der Waals surface area contributed by atoms with Crippen molar-refractivity contribution in [3.05, 3.63) is 29.8 Å². The van der Waals surface area contributed by atoms with Crippen LogP contribution in [0.15, 0.2) is 24.3 Å². The van der Waals surface area contributed by atoms with Crippen LogP contribution in [0.25, 0.3) is 0 Å². The monoisotopic (exact) mass is 302 g/mol. The predicted molar refractivity (Wildman–Crippen MR) is 74.0 cm³/mol. The number of halogens is 3. The van der Waals surface area contributed by atoms with Gasteiger partial charge >= 0.3 is 13.3 Å². The quantitative estimate of drug-likeness (QED) is 0.772. The molecule has 0 radical (unpaired) electrons. The van der Waals surface area contributed by atoms with E-state index in [0.29, 0.717) is 38.2 Å². The molecule has 0 saturated carbocycles. The average molecular weight is 302 g/mol. The third-order valence-corrected chi connectivity index (χ3v) is 3.55. The number of alkyl halides is 3. The molecule has 0 spiro atoms. The average Bonchev–Trinajstić information content (AvgIpc) is 2.40. The zero-order chi connectivity index (χ0) is 15.5. The second-order valence-electron chi connectivity index (χ2n) is 5.28. The van der Waals surface area contributed by atoms with E-state index in [9.17, 15) is 13.2 Å². The van der Waals surface area contributed by atoms with Crippen LogP contribution in [0.5, 0.6) is 0 Å². The van der Waals surface area contributed by atoms with Crippen LogP contribution in [0.4, 0.5) is 13.2 Å². The maximum Gasteiger partial charge on any atom is 0.488 e. The fourth-order valence-electron chi connectivity index (χ4n) is 2.41. The Morgan fingerprint density at radius 1 is 0.952 bits per heavy atom. The minimum atomic E-state index is -4.14. The smallest absolute Gasteiger partial charge is 0.423 e. The van der Waals surface area contributed by atoms with Crippen molar-refractivity contribution in [2.45, 2.75) is 12.7 Å². The number of hydrogen-bond acceptors (Lipinski definition) is 4. The minimum Gasteiger partial charge on any atom is -0.423 e. The van der Waals surface area contributed by atoms with E-state index in [2.05, 4.69) is 4.90 Å². The molecule has 0 unspecified atom stereocenters. The van der Waals surface area contributed by atoms with Crippen LogP contribution in [0.2, 0.25) is 0 Å². The second kappa shape index (κ2) is 6.78. The molecule has 1 saturated heterocycles. The molecule has 1 fully saturated rings. The van der Waals surface area contributed by atoms with Crippen LogP contribution in [0.3, 0.4) is 0 Å². The number of benzene rings is 1. The van der Waals surface area contributed by atoms with Gasteiger partial charge in [0.25, 0.3) is 0 Å². The molecule has 8 heteroatoms. The molecule has 0 amide bonds. The molecule has 1 aliphatic rings. The van der Waals surface area contributed by atoms with Crippen LogP contribution in [0.1, 0.15) is 5.56 Å². The number of nitrogens with zero attached hydrogens (tertiary/aromatic N) is 2. The van der Waals surface area contributed by atoms with Gasteiger partial charge < -0.3 is 10.0 Å². The Balaban J connectivity index is 1.80. The van der Waals surface area contributed by atoms with Crippen molar-refractivity contribution in [2.24, 2.45) is 0 Å². The Bertz CT molecular complexity index is 446. The lowest BCUT2D eigenvalue weighted by atomic mass is 9.80. The van der Waals surface area contributed by atoms with E-state index in [-0.39, 0.29) is 0 Å². The van der Waals surface area contributed by atoms with Crippen LogP contribution in [-0.2, 0) is 6.54 Å². The molecule has 1 aromatic rings. The van der Waals surface area contributed by atoms with E-state index in [1.165, 1.54) is 4.90 Å². The largest absolute Gasteiger partial charge is 0.488 e. The predicted octanol–water partition coefficient (Wildman–Crippen LogP) is 0.0463. The summed E-state index contributed by atoms with van der Waals surface area (Å²) in [5.74, 6) is 0. The van der Waals surface area contributed by atoms with Gasteiger partial charge in [0, 0.05) is 32.7 Å². The van der Waals surface area contributed by atoms with Gasteiger partial charge in [-0.25, -0.2) is 0 Å². The highest BCUT2D eigenvalue weighted by molar-refractivity contribution is 6.58. The van der Waals surface area contributed by atoms with Gasteiger partial charge in [0.2, 0.25) is 0 Å². The normalized spacial score (nSPS) is 18.0. The summed E-state index contributed by atoms with van der Waals surface area (Å²) in [7, 11) is -1.48. The van der Waals surface area contributed by atoms with Crippen molar-refractivity contribution in [1.82, 2.24) is 9.80 Å². The van der Waals surface area contributed by atoms with Gasteiger partial charge in [-0.2, -0.15) is 13.2 Å². The molecule has 1 heterocycles. The van der Waals surface area contributed by atoms with Gasteiger partial charge in [0.15, 0.2) is 0 Å². The van der Waals surface area contributed by atoms with Crippen molar-refractivity contribution in [3.63, 3.8) is 0 Å². The van der Waals surface area contributed by atoms with E-state index in [1.54, 1.807) is 24.3 Å². The molecule has 1 aliphatic heterocycles. The Hall–Kier alpha value is -1.09. The lowest BCUT2D eigenvalue weighted by molar-refractivity contribution is -0.149. The van der Waals surface area contributed by atoms with E-state index in [0.717, 1.165) is 5.56 Å². The number of piperazine rings is 1. The van der Waals surface area contributed by atoms with E-state index < -0.39 is 19.8 Å². The first-order valence-electron chi connectivity index (χ1n) is 6.80.